The summed E-state index contributed by atoms with van der Waals surface area (Å²) >= 11 is 0. The van der Waals surface area contributed by atoms with Crippen LogP contribution in [0.4, 0.5) is 0 Å². The van der Waals surface area contributed by atoms with Crippen molar-refractivity contribution < 1.29 is 14.6 Å². The summed E-state index contributed by atoms with van der Waals surface area (Å²) in [5.74, 6) is -0.0124. The number of carbonyl (C=O) groups is 1. The SMILES string of the molecule is CCC1(C(=O)O)CCCN1CC1CN(CC(C)C)CCO1. The molecule has 0 saturated carbocycles. The molecule has 0 aromatic carbocycles. The van der Waals surface area contributed by atoms with Gasteiger partial charge in [-0.15, -0.1) is 0 Å². The van der Waals surface area contributed by atoms with E-state index in [-0.39, 0.29) is 6.10 Å². The van der Waals surface area contributed by atoms with Gasteiger partial charge in [0, 0.05) is 26.2 Å². The summed E-state index contributed by atoms with van der Waals surface area (Å²) in [4.78, 5) is 16.3. The highest BCUT2D eigenvalue weighted by atomic mass is 16.5. The second-order valence-electron chi connectivity index (χ2n) is 6.89. The number of nitrogens with zero attached hydrogens (tertiary/aromatic N) is 2. The molecule has 2 rings (SSSR count). The number of carboxylic acids is 1. The van der Waals surface area contributed by atoms with Gasteiger partial charge in [0.05, 0.1) is 12.7 Å². The van der Waals surface area contributed by atoms with Gasteiger partial charge in [-0.25, -0.2) is 0 Å². The fourth-order valence-electron chi connectivity index (χ4n) is 3.81. The largest absolute Gasteiger partial charge is 0.480 e. The molecule has 0 aliphatic carbocycles. The number of carboxylic acid groups (broad SMARTS) is 1. The zero-order valence-electron chi connectivity index (χ0n) is 13.7. The highest BCUT2D eigenvalue weighted by molar-refractivity contribution is 5.79. The van der Waals surface area contributed by atoms with Crippen LogP contribution in [0.5, 0.6) is 0 Å². The molecule has 2 saturated heterocycles. The smallest absolute Gasteiger partial charge is 0.324 e. The van der Waals surface area contributed by atoms with Crippen LogP contribution >= 0.6 is 0 Å². The van der Waals surface area contributed by atoms with E-state index in [2.05, 4.69) is 23.6 Å². The first-order valence-electron chi connectivity index (χ1n) is 8.30. The summed E-state index contributed by atoms with van der Waals surface area (Å²) in [6, 6.07) is 0. The predicted molar refractivity (Wildman–Crippen MR) is 82.5 cm³/mol. The molecule has 1 N–H and O–H groups in total. The summed E-state index contributed by atoms with van der Waals surface area (Å²) in [7, 11) is 0. The zero-order valence-corrected chi connectivity index (χ0v) is 13.7. The Morgan fingerprint density at radius 1 is 1.43 bits per heavy atom. The summed E-state index contributed by atoms with van der Waals surface area (Å²) in [5, 5.41) is 9.64. The molecule has 2 aliphatic heterocycles. The highest BCUT2D eigenvalue weighted by Gasteiger charge is 2.46. The third kappa shape index (κ3) is 3.76. The van der Waals surface area contributed by atoms with Gasteiger partial charge >= 0.3 is 5.97 Å². The monoisotopic (exact) mass is 298 g/mol. The van der Waals surface area contributed by atoms with E-state index in [1.807, 2.05) is 6.92 Å². The molecule has 0 bridgehead atoms. The number of hydrogen-bond donors (Lipinski definition) is 1. The fourth-order valence-corrected chi connectivity index (χ4v) is 3.81. The van der Waals surface area contributed by atoms with Crippen LogP contribution in [0.25, 0.3) is 0 Å². The Balaban J connectivity index is 1.95. The molecule has 5 nitrogen and oxygen atoms in total. The summed E-state index contributed by atoms with van der Waals surface area (Å²) in [6.45, 7) is 11.9. The topological polar surface area (TPSA) is 53.0 Å². The standard InChI is InChI=1S/C16H30N2O3/c1-4-16(15(19)20)6-5-7-18(16)12-14-11-17(8-9-21-14)10-13(2)3/h13-14H,4-12H2,1-3H3,(H,19,20). The molecule has 5 heteroatoms. The van der Waals surface area contributed by atoms with Crippen molar-refractivity contribution in [3.05, 3.63) is 0 Å². The second kappa shape index (κ2) is 7.07. The maximum Gasteiger partial charge on any atom is 0.324 e. The number of aliphatic carboxylic acids is 1. The quantitative estimate of drug-likeness (QED) is 0.808. The molecule has 0 radical (unpaired) electrons. The van der Waals surface area contributed by atoms with Crippen LogP contribution in [0.15, 0.2) is 0 Å². The number of rotatable bonds is 6. The van der Waals surface area contributed by atoms with Gasteiger partial charge in [0.1, 0.15) is 5.54 Å². The minimum absolute atomic E-state index is 0.140. The Bertz CT molecular complexity index is 361. The van der Waals surface area contributed by atoms with Crippen molar-refractivity contribution in [1.29, 1.82) is 0 Å². The predicted octanol–water partition coefficient (Wildman–Crippen LogP) is 1.67. The molecule has 0 aromatic heterocycles. The van der Waals surface area contributed by atoms with E-state index < -0.39 is 11.5 Å². The summed E-state index contributed by atoms with van der Waals surface area (Å²) < 4.78 is 5.89. The Kier molecular flexibility index (Phi) is 5.63. The minimum atomic E-state index is -0.669. The Morgan fingerprint density at radius 2 is 2.19 bits per heavy atom. The van der Waals surface area contributed by atoms with Crippen molar-refractivity contribution in [2.24, 2.45) is 5.92 Å². The van der Waals surface area contributed by atoms with Gasteiger partial charge in [-0.05, 0) is 31.7 Å². The van der Waals surface area contributed by atoms with E-state index in [4.69, 9.17) is 4.74 Å². The Hall–Kier alpha value is -0.650. The van der Waals surface area contributed by atoms with Crippen LogP contribution < -0.4 is 0 Å². The van der Waals surface area contributed by atoms with Gasteiger partial charge in [-0.1, -0.05) is 20.8 Å². The van der Waals surface area contributed by atoms with Crippen LogP contribution in [0.2, 0.25) is 0 Å². The molecule has 2 heterocycles. The van der Waals surface area contributed by atoms with Gasteiger partial charge in [-0.2, -0.15) is 0 Å². The average Bonchev–Trinajstić information content (AvgIpc) is 2.82. The van der Waals surface area contributed by atoms with E-state index >= 15 is 0 Å². The lowest BCUT2D eigenvalue weighted by Gasteiger charge is -2.39. The van der Waals surface area contributed by atoms with Crippen molar-refractivity contribution in [3.8, 4) is 0 Å². The van der Waals surface area contributed by atoms with Crippen molar-refractivity contribution >= 4 is 5.97 Å². The van der Waals surface area contributed by atoms with Gasteiger partial charge in [-0.3, -0.25) is 14.6 Å². The van der Waals surface area contributed by atoms with E-state index in [0.29, 0.717) is 12.3 Å². The number of ether oxygens (including phenoxy) is 1. The van der Waals surface area contributed by atoms with Crippen LogP contribution in [0, 0.1) is 5.92 Å². The molecule has 0 amide bonds. The van der Waals surface area contributed by atoms with Gasteiger partial charge in [0.25, 0.3) is 0 Å². The maximum absolute atomic E-state index is 11.7. The first kappa shape index (κ1) is 16.7. The third-order valence-corrected chi connectivity index (χ3v) is 4.88. The molecule has 21 heavy (non-hydrogen) atoms. The lowest BCUT2D eigenvalue weighted by molar-refractivity contribution is -0.151. The van der Waals surface area contributed by atoms with Crippen molar-refractivity contribution in [3.63, 3.8) is 0 Å². The molecule has 122 valence electrons. The molecule has 2 atom stereocenters. The minimum Gasteiger partial charge on any atom is -0.480 e. The normalized spacial score (nSPS) is 31.9. The van der Waals surface area contributed by atoms with Gasteiger partial charge in [0.15, 0.2) is 0 Å². The number of hydrogen-bond acceptors (Lipinski definition) is 4. The molecular weight excluding hydrogens is 268 g/mol. The van der Waals surface area contributed by atoms with Crippen LogP contribution in [0.3, 0.4) is 0 Å². The average molecular weight is 298 g/mol. The highest BCUT2D eigenvalue weighted by Crippen LogP contribution is 2.33. The van der Waals surface area contributed by atoms with E-state index in [9.17, 15) is 9.90 Å². The van der Waals surface area contributed by atoms with E-state index in [0.717, 1.165) is 52.2 Å². The Morgan fingerprint density at radius 3 is 2.81 bits per heavy atom. The summed E-state index contributed by atoms with van der Waals surface area (Å²) in [6.07, 6.45) is 2.55. The Labute approximate surface area is 128 Å². The molecule has 2 aliphatic rings. The maximum atomic E-state index is 11.7. The van der Waals surface area contributed by atoms with Crippen molar-refractivity contribution in [2.75, 3.05) is 39.3 Å². The molecule has 0 spiro atoms. The van der Waals surface area contributed by atoms with E-state index in [1.54, 1.807) is 0 Å². The first-order valence-corrected chi connectivity index (χ1v) is 8.30. The van der Waals surface area contributed by atoms with E-state index in [1.165, 1.54) is 0 Å². The van der Waals surface area contributed by atoms with Crippen LogP contribution in [-0.2, 0) is 9.53 Å². The van der Waals surface area contributed by atoms with Gasteiger partial charge < -0.3 is 9.84 Å². The number of likely N-dealkylation sites (tertiary alicyclic amines) is 1. The third-order valence-electron chi connectivity index (χ3n) is 4.88. The zero-order chi connectivity index (χ0) is 15.5. The molecule has 0 aromatic rings. The fraction of sp³-hybridized carbons (Fsp3) is 0.938. The first-order chi connectivity index (χ1) is 9.98. The summed E-state index contributed by atoms with van der Waals surface area (Å²) in [5.41, 5.74) is -0.663. The second-order valence-corrected chi connectivity index (χ2v) is 6.89. The van der Waals surface area contributed by atoms with Gasteiger partial charge in [0.2, 0.25) is 0 Å². The molecule has 2 unspecified atom stereocenters. The molecule has 2 fully saturated rings. The lowest BCUT2D eigenvalue weighted by Crippen LogP contribution is -2.55. The molecular formula is C16H30N2O3. The van der Waals surface area contributed by atoms with Crippen molar-refractivity contribution in [1.82, 2.24) is 9.80 Å². The van der Waals surface area contributed by atoms with Crippen LogP contribution in [-0.4, -0.2) is 71.8 Å². The van der Waals surface area contributed by atoms with Crippen LogP contribution in [0.1, 0.15) is 40.0 Å². The number of morpholine rings is 1. The lowest BCUT2D eigenvalue weighted by atomic mass is 9.92. The van der Waals surface area contributed by atoms with Crippen molar-refractivity contribution in [2.45, 2.75) is 51.7 Å².